The maximum Gasteiger partial charge on any atom is 0.374 e. The van der Waals surface area contributed by atoms with Gasteiger partial charge < -0.3 is 5.41 Å². The zero-order valence-corrected chi connectivity index (χ0v) is 5.70. The average molecular weight is 153 g/mol. The first-order valence-electron chi connectivity index (χ1n) is 3.06. The summed E-state index contributed by atoms with van der Waals surface area (Å²) in [5, 5.41) is 15.2. The van der Waals surface area contributed by atoms with Crippen molar-refractivity contribution in [2.24, 2.45) is 0 Å². The molecule has 58 valence electrons. The summed E-state index contributed by atoms with van der Waals surface area (Å²) in [5.41, 5.74) is 0.265. The summed E-state index contributed by atoms with van der Waals surface area (Å²) < 4.78 is 0. The Bertz CT molecular complexity index is 252. The third-order valence-electron chi connectivity index (χ3n) is 1.35. The minimum atomic E-state index is -0.876. The lowest BCUT2D eigenvalue weighted by Crippen LogP contribution is -2.14. The van der Waals surface area contributed by atoms with Gasteiger partial charge in [0.1, 0.15) is 0 Å². The van der Waals surface area contributed by atoms with Gasteiger partial charge >= 0.3 is 5.97 Å². The molecule has 0 unspecified atom stereocenters. The Morgan fingerprint density at radius 2 is 2.45 bits per heavy atom. The van der Waals surface area contributed by atoms with E-state index < -0.39 is 5.97 Å². The molecule has 1 aliphatic carbocycles. The first-order valence-corrected chi connectivity index (χ1v) is 3.06. The van der Waals surface area contributed by atoms with Crippen molar-refractivity contribution >= 4 is 11.7 Å². The van der Waals surface area contributed by atoms with Gasteiger partial charge in [-0.25, -0.2) is 4.79 Å². The van der Waals surface area contributed by atoms with Crippen LogP contribution in [0, 0.1) is 5.41 Å². The Labute approximate surface area is 63.2 Å². The van der Waals surface area contributed by atoms with Gasteiger partial charge in [-0.15, -0.1) is 0 Å². The second-order valence-electron chi connectivity index (χ2n) is 2.07. The summed E-state index contributed by atoms with van der Waals surface area (Å²) >= 11 is 0. The molecule has 0 heterocycles. The van der Waals surface area contributed by atoms with Crippen molar-refractivity contribution in [3.8, 4) is 0 Å². The lowest BCUT2D eigenvalue weighted by Gasteiger charge is -2.05. The van der Waals surface area contributed by atoms with Crippen LogP contribution >= 0.6 is 0 Å². The van der Waals surface area contributed by atoms with Gasteiger partial charge in [0, 0.05) is 12.1 Å². The van der Waals surface area contributed by atoms with Crippen LogP contribution in [0.2, 0.25) is 0 Å². The first kappa shape index (κ1) is 7.68. The topological polar surface area (TPSA) is 70.4 Å². The molecule has 1 rings (SSSR count). The molecule has 0 radical (unpaired) electrons. The van der Waals surface area contributed by atoms with Crippen molar-refractivity contribution in [1.29, 1.82) is 5.41 Å². The van der Waals surface area contributed by atoms with Crippen LogP contribution in [-0.4, -0.2) is 16.9 Å². The highest BCUT2D eigenvalue weighted by Crippen LogP contribution is 2.08. The van der Waals surface area contributed by atoms with Gasteiger partial charge in [-0.3, -0.25) is 4.89 Å². The fourth-order valence-electron chi connectivity index (χ4n) is 0.801. The minimum absolute atomic E-state index is 0.106. The van der Waals surface area contributed by atoms with Gasteiger partial charge in [0.2, 0.25) is 0 Å². The van der Waals surface area contributed by atoms with Crippen LogP contribution in [0.1, 0.15) is 6.42 Å². The van der Waals surface area contributed by atoms with Crippen LogP contribution in [0.15, 0.2) is 23.8 Å². The van der Waals surface area contributed by atoms with Crippen LogP contribution in [0.3, 0.4) is 0 Å². The molecule has 1 aliphatic rings. The number of hydrogen-bond acceptors (Lipinski definition) is 4. The highest BCUT2D eigenvalue weighted by atomic mass is 17.1. The third-order valence-corrected chi connectivity index (χ3v) is 1.35. The van der Waals surface area contributed by atoms with Gasteiger partial charge in [0.15, 0.2) is 0 Å². The highest BCUT2D eigenvalue weighted by molar-refractivity contribution is 6.19. The van der Waals surface area contributed by atoms with E-state index in [1.54, 1.807) is 12.2 Å². The average Bonchev–Trinajstić information content (AvgIpc) is 2.04. The van der Waals surface area contributed by atoms with Crippen molar-refractivity contribution in [1.82, 2.24) is 0 Å². The summed E-state index contributed by atoms with van der Waals surface area (Å²) in [5.74, 6) is -0.876. The van der Waals surface area contributed by atoms with Gasteiger partial charge in [-0.1, -0.05) is 12.2 Å². The number of carbonyl (C=O) groups excluding carboxylic acids is 1. The van der Waals surface area contributed by atoms with E-state index >= 15 is 0 Å². The van der Waals surface area contributed by atoms with Crippen LogP contribution < -0.4 is 0 Å². The molecule has 0 aliphatic heterocycles. The molecule has 0 aromatic carbocycles. The van der Waals surface area contributed by atoms with E-state index in [1.165, 1.54) is 6.08 Å². The van der Waals surface area contributed by atoms with Gasteiger partial charge in [0.25, 0.3) is 0 Å². The fourth-order valence-corrected chi connectivity index (χ4v) is 0.801. The third kappa shape index (κ3) is 1.53. The molecule has 0 aromatic heterocycles. The van der Waals surface area contributed by atoms with Crippen LogP contribution in [-0.2, 0) is 9.68 Å². The summed E-state index contributed by atoms with van der Waals surface area (Å²) in [6.07, 6.45) is 5.23. The number of allylic oxidation sites excluding steroid dienone is 3. The number of hydrogen-bond donors (Lipinski definition) is 2. The fraction of sp³-hybridized carbons (Fsp3) is 0.143. The molecule has 0 saturated carbocycles. The Morgan fingerprint density at radius 3 is 3.00 bits per heavy atom. The molecule has 11 heavy (non-hydrogen) atoms. The zero-order chi connectivity index (χ0) is 8.27. The molecule has 0 fully saturated rings. The maximum absolute atomic E-state index is 10.7. The monoisotopic (exact) mass is 153 g/mol. The SMILES string of the molecule is N=C1CC=CC=C1C(=O)OO. The van der Waals surface area contributed by atoms with E-state index in [1.807, 2.05) is 0 Å². The molecular weight excluding hydrogens is 146 g/mol. The first-order chi connectivity index (χ1) is 5.25. The Balaban J connectivity index is 2.84. The van der Waals surface area contributed by atoms with Crippen LogP contribution in [0.5, 0.6) is 0 Å². The highest BCUT2D eigenvalue weighted by Gasteiger charge is 2.16. The smallest absolute Gasteiger partial charge is 0.304 e. The molecular formula is C7H7NO3. The zero-order valence-electron chi connectivity index (χ0n) is 5.70. The predicted molar refractivity (Wildman–Crippen MR) is 38.3 cm³/mol. The van der Waals surface area contributed by atoms with Crippen molar-refractivity contribution in [2.45, 2.75) is 6.42 Å². The summed E-state index contributed by atoms with van der Waals surface area (Å²) in [7, 11) is 0. The van der Waals surface area contributed by atoms with E-state index in [2.05, 4.69) is 4.89 Å². The number of rotatable bonds is 1. The molecule has 0 amide bonds. The van der Waals surface area contributed by atoms with Crippen molar-refractivity contribution in [3.63, 3.8) is 0 Å². The molecule has 0 atom stereocenters. The molecule has 4 heteroatoms. The van der Waals surface area contributed by atoms with Gasteiger partial charge in [-0.05, 0) is 6.08 Å². The standard InChI is InChI=1S/C7H7NO3/c8-6-4-2-1-3-5(6)7(9)11-10/h1-3,8,10H,4H2. The second-order valence-corrected chi connectivity index (χ2v) is 2.07. The van der Waals surface area contributed by atoms with Crippen molar-refractivity contribution < 1.29 is 14.9 Å². The quantitative estimate of drug-likeness (QED) is 0.434. The Kier molecular flexibility index (Phi) is 2.18. The van der Waals surface area contributed by atoms with Crippen molar-refractivity contribution in [2.75, 3.05) is 0 Å². The second kappa shape index (κ2) is 3.12. The summed E-state index contributed by atoms with van der Waals surface area (Å²) in [6, 6.07) is 0. The van der Waals surface area contributed by atoms with Crippen LogP contribution in [0.25, 0.3) is 0 Å². The lowest BCUT2D eigenvalue weighted by atomic mass is 10.0. The molecule has 0 aromatic rings. The van der Waals surface area contributed by atoms with Crippen LogP contribution in [0.4, 0.5) is 0 Å². The van der Waals surface area contributed by atoms with E-state index in [-0.39, 0.29) is 11.3 Å². The minimum Gasteiger partial charge on any atom is -0.304 e. The van der Waals surface area contributed by atoms with E-state index in [4.69, 9.17) is 10.7 Å². The largest absolute Gasteiger partial charge is 0.374 e. The molecule has 0 spiro atoms. The Morgan fingerprint density at radius 1 is 1.73 bits per heavy atom. The van der Waals surface area contributed by atoms with E-state index in [0.29, 0.717) is 6.42 Å². The normalized spacial score (nSPS) is 16.1. The lowest BCUT2D eigenvalue weighted by molar-refractivity contribution is -0.228. The predicted octanol–water partition coefficient (Wildman–Crippen LogP) is 0.909. The molecule has 0 bridgehead atoms. The van der Waals surface area contributed by atoms with Gasteiger partial charge in [0.05, 0.1) is 5.57 Å². The number of nitrogens with one attached hydrogen (secondary N) is 1. The summed E-state index contributed by atoms with van der Waals surface area (Å²) in [4.78, 5) is 14.1. The molecule has 0 saturated heterocycles. The van der Waals surface area contributed by atoms with Gasteiger partial charge in [-0.2, -0.15) is 5.26 Å². The number of carbonyl (C=O) groups is 1. The molecule has 4 nitrogen and oxygen atoms in total. The Hall–Kier alpha value is -1.42. The van der Waals surface area contributed by atoms with E-state index in [0.717, 1.165) is 0 Å². The summed E-state index contributed by atoms with van der Waals surface area (Å²) in [6.45, 7) is 0. The maximum atomic E-state index is 10.7. The molecule has 2 N–H and O–H groups in total. The van der Waals surface area contributed by atoms with E-state index in [9.17, 15) is 4.79 Å². The van der Waals surface area contributed by atoms with Crippen molar-refractivity contribution in [3.05, 3.63) is 23.8 Å².